The summed E-state index contributed by atoms with van der Waals surface area (Å²) in [6.07, 6.45) is 0.774. The normalized spacial score (nSPS) is 15.4. The Morgan fingerprint density at radius 1 is 1.14 bits per heavy atom. The van der Waals surface area contributed by atoms with E-state index < -0.39 is 16.4 Å². The molecule has 2 amide bonds. The summed E-state index contributed by atoms with van der Waals surface area (Å²) in [6, 6.07) is 16.3. The van der Waals surface area contributed by atoms with E-state index in [1.54, 1.807) is 30.4 Å². The topological polar surface area (TPSA) is 83.8 Å². The third-order valence-electron chi connectivity index (χ3n) is 6.40. The highest BCUT2D eigenvalue weighted by molar-refractivity contribution is 7.10. The highest BCUT2D eigenvalue weighted by Crippen LogP contribution is 2.38. The quantitative estimate of drug-likeness (QED) is 0.354. The summed E-state index contributed by atoms with van der Waals surface area (Å²) in [6.45, 7) is 7.67. The zero-order valence-electron chi connectivity index (χ0n) is 20.4. The monoisotopic (exact) mass is 491 g/mol. The van der Waals surface area contributed by atoms with Gasteiger partial charge in [-0.05, 0) is 62.8 Å². The lowest BCUT2D eigenvalue weighted by Crippen LogP contribution is -2.52. The van der Waals surface area contributed by atoms with Crippen LogP contribution in [0.25, 0.3) is 0 Å². The van der Waals surface area contributed by atoms with Crippen LogP contribution >= 0.6 is 11.3 Å². The third-order valence-corrected chi connectivity index (χ3v) is 7.40. The maximum atomic E-state index is 13.8. The average Bonchev–Trinajstić information content (AvgIpc) is 3.30. The fourth-order valence-electron chi connectivity index (χ4n) is 4.51. The number of hydrogen-bond acceptors (Lipinski definition) is 5. The Bertz CT molecular complexity index is 1260. The molecule has 2 aromatic carbocycles. The number of fused-ring (bicyclic) bond motifs is 1. The van der Waals surface area contributed by atoms with Crippen LogP contribution in [-0.4, -0.2) is 45.2 Å². The summed E-state index contributed by atoms with van der Waals surface area (Å²) < 4.78 is 0. The van der Waals surface area contributed by atoms with Gasteiger partial charge in [0.15, 0.2) is 0 Å². The summed E-state index contributed by atoms with van der Waals surface area (Å²) in [4.78, 5) is 42.9. The number of benzene rings is 2. The van der Waals surface area contributed by atoms with Crippen molar-refractivity contribution in [1.29, 1.82) is 0 Å². The first kappa shape index (κ1) is 24.6. The number of carbonyl (C=O) groups is 2. The van der Waals surface area contributed by atoms with Crippen molar-refractivity contribution in [3.8, 4) is 0 Å². The predicted molar refractivity (Wildman–Crippen MR) is 137 cm³/mol. The van der Waals surface area contributed by atoms with Crippen molar-refractivity contribution >= 4 is 28.8 Å². The lowest BCUT2D eigenvalue weighted by Gasteiger charge is -2.40. The molecule has 0 spiro atoms. The van der Waals surface area contributed by atoms with Crippen molar-refractivity contribution in [2.45, 2.75) is 45.7 Å². The molecule has 35 heavy (non-hydrogen) atoms. The summed E-state index contributed by atoms with van der Waals surface area (Å²) >= 11 is 1.71. The van der Waals surface area contributed by atoms with Gasteiger partial charge in [0.25, 0.3) is 11.6 Å². The summed E-state index contributed by atoms with van der Waals surface area (Å²) in [7, 11) is 0. The molecule has 1 aromatic heterocycles. The van der Waals surface area contributed by atoms with Gasteiger partial charge in [-0.15, -0.1) is 11.3 Å². The van der Waals surface area contributed by atoms with Crippen molar-refractivity contribution in [2.75, 3.05) is 13.1 Å². The van der Waals surface area contributed by atoms with Gasteiger partial charge < -0.3 is 9.80 Å². The van der Waals surface area contributed by atoms with E-state index in [2.05, 4.69) is 11.4 Å². The van der Waals surface area contributed by atoms with Crippen LogP contribution in [-0.2, 0) is 11.2 Å². The van der Waals surface area contributed by atoms with Gasteiger partial charge in [-0.2, -0.15) is 0 Å². The fraction of sp³-hybridized carbons (Fsp3) is 0.333. The SMILES string of the molecule is Cc1ccc(C(=O)N(CC(=O)N2CCc3sccc3[C@@H]2c2ccccc2)C(C)(C)C)cc1[N+](=O)[O-]. The zero-order chi connectivity index (χ0) is 25.3. The maximum Gasteiger partial charge on any atom is 0.273 e. The lowest BCUT2D eigenvalue weighted by atomic mass is 9.93. The van der Waals surface area contributed by atoms with Crippen molar-refractivity contribution in [2.24, 2.45) is 0 Å². The molecule has 1 aliphatic heterocycles. The van der Waals surface area contributed by atoms with Crippen LogP contribution in [0.4, 0.5) is 5.69 Å². The van der Waals surface area contributed by atoms with E-state index in [0.717, 1.165) is 17.5 Å². The Hall–Kier alpha value is -3.52. The number of aryl methyl sites for hydroxylation is 1. The summed E-state index contributed by atoms with van der Waals surface area (Å²) in [5.74, 6) is -0.556. The highest BCUT2D eigenvalue weighted by atomic mass is 32.1. The second kappa shape index (κ2) is 9.62. The van der Waals surface area contributed by atoms with Gasteiger partial charge in [-0.3, -0.25) is 19.7 Å². The summed E-state index contributed by atoms with van der Waals surface area (Å²) in [5, 5.41) is 13.5. The van der Waals surface area contributed by atoms with E-state index in [9.17, 15) is 19.7 Å². The standard InChI is InChI=1S/C27H29N3O4S/c1-18-10-11-20(16-22(18)30(33)34)26(32)29(27(2,3)4)17-24(31)28-14-12-23-21(13-15-35-23)25(28)19-8-6-5-7-9-19/h5-11,13,15-16,25H,12,14,17H2,1-4H3/t25-/m0/s1. The molecule has 182 valence electrons. The van der Waals surface area contributed by atoms with Gasteiger partial charge in [0.05, 0.1) is 11.0 Å². The third kappa shape index (κ3) is 4.98. The van der Waals surface area contributed by atoms with Crippen LogP contribution in [0.2, 0.25) is 0 Å². The molecule has 0 bridgehead atoms. The number of nitro benzene ring substituents is 1. The number of nitrogens with zero attached hydrogens (tertiary/aromatic N) is 3. The number of hydrogen-bond donors (Lipinski definition) is 0. The number of thiophene rings is 1. The predicted octanol–water partition coefficient (Wildman–Crippen LogP) is 5.38. The van der Waals surface area contributed by atoms with Crippen LogP contribution in [0.1, 0.15) is 58.7 Å². The van der Waals surface area contributed by atoms with E-state index in [4.69, 9.17) is 0 Å². The Kier molecular flexibility index (Phi) is 6.76. The molecule has 2 heterocycles. The Morgan fingerprint density at radius 3 is 2.51 bits per heavy atom. The molecular weight excluding hydrogens is 462 g/mol. The van der Waals surface area contributed by atoms with Crippen LogP contribution in [0, 0.1) is 17.0 Å². The molecule has 0 radical (unpaired) electrons. The number of amides is 2. The minimum atomic E-state index is -0.669. The van der Waals surface area contributed by atoms with Crippen molar-refractivity contribution in [3.63, 3.8) is 0 Å². The van der Waals surface area contributed by atoms with E-state index in [1.807, 2.05) is 56.0 Å². The first-order valence-electron chi connectivity index (χ1n) is 11.6. The second-order valence-corrected chi connectivity index (χ2v) is 10.8. The van der Waals surface area contributed by atoms with Crippen molar-refractivity contribution in [3.05, 3.63) is 97.2 Å². The molecule has 0 aliphatic carbocycles. The molecule has 0 saturated carbocycles. The van der Waals surface area contributed by atoms with Gasteiger partial charge in [0, 0.05) is 34.2 Å². The first-order chi connectivity index (χ1) is 16.6. The minimum Gasteiger partial charge on any atom is -0.330 e. The van der Waals surface area contributed by atoms with E-state index >= 15 is 0 Å². The van der Waals surface area contributed by atoms with Gasteiger partial charge in [-0.25, -0.2) is 0 Å². The van der Waals surface area contributed by atoms with Gasteiger partial charge in [0.1, 0.15) is 6.54 Å². The highest BCUT2D eigenvalue weighted by Gasteiger charge is 2.36. The molecular formula is C27H29N3O4S. The zero-order valence-corrected chi connectivity index (χ0v) is 21.2. The van der Waals surface area contributed by atoms with E-state index in [-0.39, 0.29) is 29.7 Å². The Morgan fingerprint density at radius 2 is 1.86 bits per heavy atom. The fourth-order valence-corrected chi connectivity index (χ4v) is 5.42. The number of carbonyl (C=O) groups excluding carboxylic acids is 2. The molecule has 1 atom stereocenters. The van der Waals surface area contributed by atoms with Gasteiger partial charge >= 0.3 is 0 Å². The molecule has 1 aliphatic rings. The molecule has 0 unspecified atom stereocenters. The van der Waals surface area contributed by atoms with Gasteiger partial charge in [0.2, 0.25) is 5.91 Å². The molecule has 8 heteroatoms. The number of rotatable bonds is 5. The maximum absolute atomic E-state index is 13.8. The van der Waals surface area contributed by atoms with Crippen molar-refractivity contribution < 1.29 is 14.5 Å². The van der Waals surface area contributed by atoms with Crippen LogP contribution in [0.3, 0.4) is 0 Å². The largest absolute Gasteiger partial charge is 0.330 e. The molecule has 4 rings (SSSR count). The smallest absolute Gasteiger partial charge is 0.273 e. The van der Waals surface area contributed by atoms with Crippen molar-refractivity contribution in [1.82, 2.24) is 9.80 Å². The average molecular weight is 492 g/mol. The van der Waals surface area contributed by atoms with E-state index in [1.165, 1.54) is 15.8 Å². The van der Waals surface area contributed by atoms with Crippen LogP contribution in [0.5, 0.6) is 0 Å². The van der Waals surface area contributed by atoms with Gasteiger partial charge in [-0.1, -0.05) is 36.4 Å². The lowest BCUT2D eigenvalue weighted by molar-refractivity contribution is -0.385. The minimum absolute atomic E-state index is 0.110. The number of nitro groups is 1. The van der Waals surface area contributed by atoms with E-state index in [0.29, 0.717) is 12.1 Å². The Labute approximate surface area is 209 Å². The Balaban J connectivity index is 1.66. The molecule has 0 N–H and O–H groups in total. The second-order valence-electron chi connectivity index (χ2n) is 9.77. The molecule has 0 fully saturated rings. The molecule has 3 aromatic rings. The van der Waals surface area contributed by atoms with Crippen LogP contribution < -0.4 is 0 Å². The summed E-state index contributed by atoms with van der Waals surface area (Å²) in [5.41, 5.74) is 2.06. The molecule has 7 nitrogen and oxygen atoms in total. The first-order valence-corrected chi connectivity index (χ1v) is 12.4. The molecule has 0 saturated heterocycles. The van der Waals surface area contributed by atoms with Crippen LogP contribution in [0.15, 0.2) is 60.0 Å².